The van der Waals surface area contributed by atoms with E-state index in [-0.39, 0.29) is 16.7 Å². The van der Waals surface area contributed by atoms with Crippen LogP contribution in [0.5, 0.6) is 5.75 Å². The van der Waals surface area contributed by atoms with Gasteiger partial charge >= 0.3 is 5.97 Å². The lowest BCUT2D eigenvalue weighted by atomic mass is 10.2. The third kappa shape index (κ3) is 6.15. The molecule has 1 heterocycles. The van der Waals surface area contributed by atoms with E-state index in [9.17, 15) is 14.4 Å². The molecular weight excluding hydrogens is 512 g/mol. The van der Waals surface area contributed by atoms with Gasteiger partial charge < -0.3 is 14.8 Å². The highest BCUT2D eigenvalue weighted by molar-refractivity contribution is 8.04. The van der Waals surface area contributed by atoms with Crippen molar-refractivity contribution in [2.45, 2.75) is 31.8 Å². The first-order valence-corrected chi connectivity index (χ1v) is 12.8. The molecule has 1 N–H and O–H groups in total. The predicted molar refractivity (Wildman–Crippen MR) is 145 cm³/mol. The van der Waals surface area contributed by atoms with Crippen molar-refractivity contribution in [3.63, 3.8) is 0 Å². The molecule has 1 aliphatic rings. The summed E-state index contributed by atoms with van der Waals surface area (Å²) in [6, 6.07) is 20.3. The molecule has 0 unspecified atom stereocenters. The summed E-state index contributed by atoms with van der Waals surface area (Å²) in [4.78, 5) is 41.4. The molecule has 0 atom stereocenters. The smallest absolute Gasteiger partial charge is 0.338 e. The molecule has 3 aromatic rings. The van der Waals surface area contributed by atoms with Gasteiger partial charge in [0, 0.05) is 15.6 Å². The second-order valence-electron chi connectivity index (χ2n) is 8.29. The number of nitrogens with zero attached hydrogens (tertiary/aromatic N) is 1. The van der Waals surface area contributed by atoms with Crippen LogP contribution in [0.1, 0.15) is 31.1 Å². The highest BCUT2D eigenvalue weighted by Crippen LogP contribution is 2.38. The molecule has 4 rings (SSSR count). The fourth-order valence-corrected chi connectivity index (χ4v) is 4.60. The number of imide groups is 1. The van der Waals surface area contributed by atoms with Crippen LogP contribution in [0.2, 0.25) is 5.02 Å². The van der Waals surface area contributed by atoms with Crippen LogP contribution in [0, 0.1) is 0 Å². The molecular formula is C28H25ClN2O5S. The molecule has 0 spiro atoms. The van der Waals surface area contributed by atoms with Crippen LogP contribution in [0.4, 0.5) is 11.4 Å². The van der Waals surface area contributed by atoms with Gasteiger partial charge in [-0.05, 0) is 93.6 Å². The van der Waals surface area contributed by atoms with Crippen LogP contribution in [0.25, 0.3) is 0 Å². The average molecular weight is 537 g/mol. The van der Waals surface area contributed by atoms with E-state index < -0.39 is 17.8 Å². The molecule has 0 saturated carbocycles. The van der Waals surface area contributed by atoms with Crippen molar-refractivity contribution in [2.75, 3.05) is 16.8 Å². The van der Waals surface area contributed by atoms with E-state index >= 15 is 0 Å². The van der Waals surface area contributed by atoms with Crippen molar-refractivity contribution < 1.29 is 23.9 Å². The van der Waals surface area contributed by atoms with E-state index in [1.165, 1.54) is 23.9 Å². The first-order valence-electron chi connectivity index (χ1n) is 11.6. The minimum atomic E-state index is -0.507. The summed E-state index contributed by atoms with van der Waals surface area (Å²) < 4.78 is 10.7. The second-order valence-corrected chi connectivity index (χ2v) is 9.81. The van der Waals surface area contributed by atoms with Gasteiger partial charge in [0.15, 0.2) is 0 Å². The number of thioether (sulfide) groups is 1. The number of carbonyl (C=O) groups excluding carboxylic acids is 3. The number of amides is 2. The van der Waals surface area contributed by atoms with Gasteiger partial charge in [0.05, 0.1) is 24.0 Å². The number of ether oxygens (including phenoxy) is 2. The zero-order chi connectivity index (χ0) is 26.5. The lowest BCUT2D eigenvalue weighted by molar-refractivity contribution is -0.120. The Labute approximate surface area is 224 Å². The highest BCUT2D eigenvalue weighted by Gasteiger charge is 2.40. The third-order valence-corrected chi connectivity index (χ3v) is 6.56. The van der Waals surface area contributed by atoms with E-state index in [2.05, 4.69) is 5.32 Å². The van der Waals surface area contributed by atoms with Crippen LogP contribution in [0.15, 0.2) is 88.3 Å². The van der Waals surface area contributed by atoms with Gasteiger partial charge in [-0.2, -0.15) is 0 Å². The number of carbonyl (C=O) groups is 3. The molecule has 190 valence electrons. The number of hydrogen-bond acceptors (Lipinski definition) is 7. The summed E-state index contributed by atoms with van der Waals surface area (Å²) in [6.07, 6.45) is -0.262. The van der Waals surface area contributed by atoms with E-state index in [4.69, 9.17) is 21.1 Å². The van der Waals surface area contributed by atoms with Crippen molar-refractivity contribution in [1.29, 1.82) is 0 Å². The van der Waals surface area contributed by atoms with Crippen molar-refractivity contribution in [3.05, 3.63) is 94.0 Å². The SMILES string of the molecule is CCOc1ccc(NC2=C(Sc3ccc(Cl)cc3)C(=O)N(c3ccc(C(=O)OC(C)C)cc3)C2=O)cc1. The molecule has 0 aromatic heterocycles. The summed E-state index contributed by atoms with van der Waals surface area (Å²) in [6.45, 7) is 5.96. The maximum absolute atomic E-state index is 13.5. The van der Waals surface area contributed by atoms with Crippen molar-refractivity contribution in [1.82, 2.24) is 0 Å². The highest BCUT2D eigenvalue weighted by atomic mass is 35.5. The molecule has 7 nitrogen and oxygen atoms in total. The number of benzene rings is 3. The minimum absolute atomic E-state index is 0.150. The normalized spacial score (nSPS) is 13.4. The van der Waals surface area contributed by atoms with Gasteiger partial charge in [-0.3, -0.25) is 9.59 Å². The molecule has 9 heteroatoms. The number of anilines is 2. The fraction of sp³-hybridized carbons (Fsp3) is 0.179. The van der Waals surface area contributed by atoms with Gasteiger partial charge in [-0.1, -0.05) is 23.4 Å². The Morgan fingerprint density at radius 3 is 2.19 bits per heavy atom. The number of halogens is 1. The standard InChI is InChI=1S/C28H25ClN2O5S/c1-4-35-22-13-9-20(10-14-22)30-24-25(37-23-15-7-19(29)8-16-23)27(33)31(26(24)32)21-11-5-18(6-12-21)28(34)36-17(2)3/h5-17,30H,4H2,1-3H3. The monoisotopic (exact) mass is 536 g/mol. The van der Waals surface area contributed by atoms with Gasteiger partial charge in [0.1, 0.15) is 16.4 Å². The predicted octanol–water partition coefficient (Wildman–Crippen LogP) is 6.29. The molecule has 0 saturated heterocycles. The number of rotatable bonds is 9. The van der Waals surface area contributed by atoms with Crippen LogP contribution < -0.4 is 15.0 Å². The first kappa shape index (κ1) is 26.3. The molecule has 3 aromatic carbocycles. The number of nitrogens with one attached hydrogen (secondary N) is 1. The first-order chi connectivity index (χ1) is 17.8. The Hall–Kier alpha value is -3.75. The van der Waals surface area contributed by atoms with E-state index in [1.54, 1.807) is 74.5 Å². The maximum atomic E-state index is 13.5. The third-order valence-electron chi connectivity index (χ3n) is 5.21. The van der Waals surface area contributed by atoms with Crippen LogP contribution in [-0.2, 0) is 14.3 Å². The maximum Gasteiger partial charge on any atom is 0.338 e. The van der Waals surface area contributed by atoms with E-state index in [0.717, 1.165) is 9.80 Å². The summed E-state index contributed by atoms with van der Waals surface area (Å²) in [5, 5.41) is 3.68. The quantitative estimate of drug-likeness (QED) is 0.254. The topological polar surface area (TPSA) is 84.9 Å². The van der Waals surface area contributed by atoms with Gasteiger partial charge in [-0.15, -0.1) is 0 Å². The zero-order valence-corrected chi connectivity index (χ0v) is 22.1. The molecule has 2 amide bonds. The second kappa shape index (κ2) is 11.5. The Morgan fingerprint density at radius 1 is 0.946 bits per heavy atom. The summed E-state index contributed by atoms with van der Waals surface area (Å²) in [5.74, 6) is -0.760. The lowest BCUT2D eigenvalue weighted by Gasteiger charge is -2.16. The molecule has 37 heavy (non-hydrogen) atoms. The van der Waals surface area contributed by atoms with Crippen molar-refractivity contribution in [3.8, 4) is 5.75 Å². The minimum Gasteiger partial charge on any atom is -0.494 e. The number of hydrogen-bond donors (Lipinski definition) is 1. The van der Waals surface area contributed by atoms with Crippen LogP contribution in [0.3, 0.4) is 0 Å². The van der Waals surface area contributed by atoms with Crippen molar-refractivity contribution in [2.24, 2.45) is 0 Å². The molecule has 0 bridgehead atoms. The largest absolute Gasteiger partial charge is 0.494 e. The Bertz CT molecular complexity index is 1340. The van der Waals surface area contributed by atoms with E-state index in [1.807, 2.05) is 6.92 Å². The molecule has 0 aliphatic carbocycles. The van der Waals surface area contributed by atoms with Crippen molar-refractivity contribution >= 4 is 52.5 Å². The Balaban J connectivity index is 1.65. The lowest BCUT2D eigenvalue weighted by Crippen LogP contribution is -2.32. The number of esters is 1. The van der Waals surface area contributed by atoms with Crippen LogP contribution >= 0.6 is 23.4 Å². The average Bonchev–Trinajstić information content (AvgIpc) is 3.10. The molecule has 0 fully saturated rings. The summed E-state index contributed by atoms with van der Waals surface area (Å²) >= 11 is 7.18. The Kier molecular flexibility index (Phi) is 8.21. The van der Waals surface area contributed by atoms with Gasteiger partial charge in [0.25, 0.3) is 11.8 Å². The summed E-state index contributed by atoms with van der Waals surface area (Å²) in [7, 11) is 0. The zero-order valence-electron chi connectivity index (χ0n) is 20.5. The van der Waals surface area contributed by atoms with Crippen LogP contribution in [-0.4, -0.2) is 30.5 Å². The fourth-order valence-electron chi connectivity index (χ4n) is 3.54. The molecule has 0 radical (unpaired) electrons. The Morgan fingerprint density at radius 2 is 1.59 bits per heavy atom. The van der Waals surface area contributed by atoms with Gasteiger partial charge in [-0.25, -0.2) is 9.69 Å². The summed E-state index contributed by atoms with van der Waals surface area (Å²) in [5.41, 5.74) is 1.45. The van der Waals surface area contributed by atoms with E-state index in [0.29, 0.717) is 34.3 Å². The molecule has 1 aliphatic heterocycles. The van der Waals surface area contributed by atoms with Gasteiger partial charge in [0.2, 0.25) is 0 Å².